The first kappa shape index (κ1) is 13.8. The molecule has 0 aromatic carbocycles. The largest absolute Gasteiger partial charge is 0.353 e. The molecule has 0 aromatic heterocycles. The molecule has 2 aliphatic rings. The van der Waals surface area contributed by atoms with Gasteiger partial charge in [-0.05, 0) is 26.8 Å². The Kier molecular flexibility index (Phi) is 5.01. The van der Waals surface area contributed by atoms with E-state index in [2.05, 4.69) is 22.5 Å². The molecule has 2 atom stereocenters. The molecule has 0 bridgehead atoms. The third-order valence-electron chi connectivity index (χ3n) is 4.39. The molecule has 0 aromatic rings. The number of nitrogens with one attached hydrogen (secondary N) is 2. The van der Waals surface area contributed by atoms with Crippen LogP contribution in [0.5, 0.6) is 0 Å². The Morgan fingerprint density at radius 3 is 2.56 bits per heavy atom. The molecule has 1 saturated heterocycles. The van der Waals surface area contributed by atoms with Crippen LogP contribution in [0, 0.1) is 0 Å². The van der Waals surface area contributed by atoms with Crippen LogP contribution >= 0.6 is 0 Å². The maximum Gasteiger partial charge on any atom is 0.238 e. The molecule has 0 radical (unpaired) electrons. The highest BCUT2D eigenvalue weighted by molar-refractivity contribution is 5.83. The summed E-state index contributed by atoms with van der Waals surface area (Å²) in [6, 6.07) is 1.08. The zero-order valence-electron chi connectivity index (χ0n) is 11.7. The van der Waals surface area contributed by atoms with E-state index in [-0.39, 0.29) is 11.9 Å². The Labute approximate surface area is 110 Å². The Hall–Kier alpha value is -0.610. The van der Waals surface area contributed by atoms with Crippen molar-refractivity contribution in [3.8, 4) is 0 Å². The molecular weight excluding hydrogens is 226 g/mol. The second kappa shape index (κ2) is 6.53. The van der Waals surface area contributed by atoms with E-state index >= 15 is 0 Å². The molecule has 1 amide bonds. The highest BCUT2D eigenvalue weighted by Crippen LogP contribution is 2.26. The van der Waals surface area contributed by atoms with Gasteiger partial charge in [-0.2, -0.15) is 0 Å². The van der Waals surface area contributed by atoms with Crippen molar-refractivity contribution in [3.05, 3.63) is 0 Å². The number of nitrogens with zero attached hydrogens (tertiary/aromatic N) is 1. The lowest BCUT2D eigenvalue weighted by Gasteiger charge is -2.44. The molecule has 2 fully saturated rings. The second-order valence-corrected chi connectivity index (χ2v) is 5.76. The number of carbonyl (C=O) groups is 1. The fourth-order valence-electron chi connectivity index (χ4n) is 3.48. The van der Waals surface area contributed by atoms with Crippen LogP contribution in [0.4, 0.5) is 0 Å². The highest BCUT2D eigenvalue weighted by Gasteiger charge is 2.37. The monoisotopic (exact) mass is 253 g/mol. The number of piperazine rings is 1. The Morgan fingerprint density at radius 1 is 1.28 bits per heavy atom. The Balaban J connectivity index is 2.10. The standard InChI is InChI=1S/C14H27N3O/c1-11-9-16-14(18)13(10-15-2)17(11)12-7-5-3-4-6-8-12/h11-13,15H,3-10H2,1-2H3,(H,16,18). The van der Waals surface area contributed by atoms with Gasteiger partial charge in [0, 0.05) is 25.2 Å². The van der Waals surface area contributed by atoms with Gasteiger partial charge in [-0.3, -0.25) is 9.69 Å². The summed E-state index contributed by atoms with van der Waals surface area (Å²) in [4.78, 5) is 14.6. The molecule has 18 heavy (non-hydrogen) atoms. The summed E-state index contributed by atoms with van der Waals surface area (Å²) in [5.41, 5.74) is 0. The van der Waals surface area contributed by atoms with E-state index in [9.17, 15) is 4.79 Å². The predicted molar refractivity (Wildman–Crippen MR) is 73.5 cm³/mol. The van der Waals surface area contributed by atoms with E-state index in [1.165, 1.54) is 38.5 Å². The van der Waals surface area contributed by atoms with Crippen LogP contribution in [0.2, 0.25) is 0 Å². The average Bonchev–Trinajstić information content (AvgIpc) is 2.63. The first-order valence-corrected chi connectivity index (χ1v) is 7.43. The lowest BCUT2D eigenvalue weighted by atomic mass is 9.99. The lowest BCUT2D eigenvalue weighted by molar-refractivity contribution is -0.132. The van der Waals surface area contributed by atoms with Gasteiger partial charge in [0.25, 0.3) is 0 Å². The van der Waals surface area contributed by atoms with E-state index in [1.54, 1.807) is 0 Å². The summed E-state index contributed by atoms with van der Waals surface area (Å²) in [7, 11) is 1.93. The van der Waals surface area contributed by atoms with E-state index < -0.39 is 0 Å². The Bertz CT molecular complexity index is 274. The van der Waals surface area contributed by atoms with E-state index in [4.69, 9.17) is 0 Å². The van der Waals surface area contributed by atoms with Crippen LogP contribution in [0.15, 0.2) is 0 Å². The lowest BCUT2D eigenvalue weighted by Crippen LogP contribution is -2.64. The topological polar surface area (TPSA) is 44.4 Å². The van der Waals surface area contributed by atoms with Gasteiger partial charge in [0.1, 0.15) is 6.04 Å². The maximum absolute atomic E-state index is 12.1. The SMILES string of the molecule is CNCC1C(=O)NCC(C)N1C1CCCCCC1. The van der Waals surface area contributed by atoms with Crippen molar-refractivity contribution in [1.29, 1.82) is 0 Å². The summed E-state index contributed by atoms with van der Waals surface area (Å²) in [6.45, 7) is 3.80. The van der Waals surface area contributed by atoms with Crippen LogP contribution in [0.25, 0.3) is 0 Å². The third-order valence-corrected chi connectivity index (χ3v) is 4.39. The van der Waals surface area contributed by atoms with Crippen molar-refractivity contribution < 1.29 is 4.79 Å². The van der Waals surface area contributed by atoms with Crippen LogP contribution in [-0.2, 0) is 4.79 Å². The number of amides is 1. The molecule has 4 nitrogen and oxygen atoms in total. The summed E-state index contributed by atoms with van der Waals surface area (Å²) in [6.07, 6.45) is 7.89. The van der Waals surface area contributed by atoms with Gasteiger partial charge < -0.3 is 10.6 Å². The van der Waals surface area contributed by atoms with Crippen molar-refractivity contribution in [3.63, 3.8) is 0 Å². The number of likely N-dealkylation sites (N-methyl/N-ethyl adjacent to an activating group) is 1. The van der Waals surface area contributed by atoms with Crippen LogP contribution in [0.1, 0.15) is 45.4 Å². The molecule has 2 unspecified atom stereocenters. The molecule has 0 spiro atoms. The minimum Gasteiger partial charge on any atom is -0.353 e. The van der Waals surface area contributed by atoms with Crippen LogP contribution < -0.4 is 10.6 Å². The number of rotatable bonds is 3. The van der Waals surface area contributed by atoms with Gasteiger partial charge in [-0.15, -0.1) is 0 Å². The smallest absolute Gasteiger partial charge is 0.238 e. The molecular formula is C14H27N3O. The summed E-state index contributed by atoms with van der Waals surface area (Å²) in [5.74, 6) is 0.201. The van der Waals surface area contributed by atoms with Gasteiger partial charge in [0.15, 0.2) is 0 Å². The second-order valence-electron chi connectivity index (χ2n) is 5.76. The summed E-state index contributed by atoms with van der Waals surface area (Å²) in [5, 5.41) is 6.20. The highest BCUT2D eigenvalue weighted by atomic mass is 16.2. The van der Waals surface area contributed by atoms with Crippen molar-refractivity contribution in [2.75, 3.05) is 20.1 Å². The fraction of sp³-hybridized carbons (Fsp3) is 0.929. The van der Waals surface area contributed by atoms with Crippen LogP contribution in [-0.4, -0.2) is 49.1 Å². The number of carbonyl (C=O) groups excluding carboxylic acids is 1. The third kappa shape index (κ3) is 3.04. The first-order valence-electron chi connectivity index (χ1n) is 7.43. The fourth-order valence-corrected chi connectivity index (χ4v) is 3.48. The molecule has 1 saturated carbocycles. The molecule has 2 N–H and O–H groups in total. The van der Waals surface area contributed by atoms with Crippen LogP contribution in [0.3, 0.4) is 0 Å². The van der Waals surface area contributed by atoms with Crippen molar-refractivity contribution in [2.24, 2.45) is 0 Å². The summed E-state index contributed by atoms with van der Waals surface area (Å²) >= 11 is 0. The minimum absolute atomic E-state index is 0.0156. The minimum atomic E-state index is 0.0156. The van der Waals surface area contributed by atoms with E-state index in [1.807, 2.05) is 7.05 Å². The Morgan fingerprint density at radius 2 is 1.94 bits per heavy atom. The molecule has 1 aliphatic heterocycles. The van der Waals surface area contributed by atoms with Crippen molar-refractivity contribution >= 4 is 5.91 Å². The van der Waals surface area contributed by atoms with E-state index in [0.717, 1.165) is 13.1 Å². The van der Waals surface area contributed by atoms with Crippen molar-refractivity contribution in [2.45, 2.75) is 63.6 Å². The zero-order valence-corrected chi connectivity index (χ0v) is 11.7. The average molecular weight is 253 g/mol. The molecule has 1 aliphatic carbocycles. The van der Waals surface area contributed by atoms with E-state index in [0.29, 0.717) is 12.1 Å². The quantitative estimate of drug-likeness (QED) is 0.741. The molecule has 104 valence electrons. The first-order chi connectivity index (χ1) is 8.74. The molecule has 4 heteroatoms. The van der Waals surface area contributed by atoms with Gasteiger partial charge >= 0.3 is 0 Å². The zero-order chi connectivity index (χ0) is 13.0. The van der Waals surface area contributed by atoms with Crippen molar-refractivity contribution in [1.82, 2.24) is 15.5 Å². The summed E-state index contributed by atoms with van der Waals surface area (Å²) < 4.78 is 0. The van der Waals surface area contributed by atoms with Gasteiger partial charge in [0.05, 0.1) is 0 Å². The predicted octanol–water partition coefficient (Wildman–Crippen LogP) is 1.12. The molecule has 1 heterocycles. The van der Waals surface area contributed by atoms with Gasteiger partial charge in [0.2, 0.25) is 5.91 Å². The van der Waals surface area contributed by atoms with Gasteiger partial charge in [-0.25, -0.2) is 0 Å². The maximum atomic E-state index is 12.1. The number of hydrogen-bond donors (Lipinski definition) is 2. The number of hydrogen-bond acceptors (Lipinski definition) is 3. The van der Waals surface area contributed by atoms with Gasteiger partial charge in [-0.1, -0.05) is 25.7 Å². The normalized spacial score (nSPS) is 32.0. The molecule has 2 rings (SSSR count).